The van der Waals surface area contributed by atoms with Crippen LogP contribution in [0.2, 0.25) is 0 Å². The van der Waals surface area contributed by atoms with Crippen molar-refractivity contribution in [3.8, 4) is 0 Å². The molecule has 0 radical (unpaired) electrons. The Morgan fingerprint density at radius 2 is 1.48 bits per heavy atom. The number of nitrogens with one attached hydrogen (secondary N) is 1. The molecule has 0 saturated carbocycles. The van der Waals surface area contributed by atoms with Crippen molar-refractivity contribution in [1.82, 2.24) is 0 Å². The lowest BCUT2D eigenvalue weighted by Crippen LogP contribution is -2.12. The second-order valence-electron chi connectivity index (χ2n) is 5.06. The molecule has 0 spiro atoms. The molecule has 1 N–H and O–H groups in total. The molecule has 0 saturated heterocycles. The first-order chi connectivity index (χ1) is 10.9. The Morgan fingerprint density at radius 1 is 0.826 bits per heavy atom. The van der Waals surface area contributed by atoms with Gasteiger partial charge in [-0.3, -0.25) is 4.79 Å². The molecule has 0 fully saturated rings. The van der Waals surface area contributed by atoms with Gasteiger partial charge in [0.1, 0.15) is 0 Å². The summed E-state index contributed by atoms with van der Waals surface area (Å²) in [5, 5.41) is 4.34. The maximum Gasteiger partial charge on any atom is 0.416 e. The summed E-state index contributed by atoms with van der Waals surface area (Å²) in [6.45, 7) is 0. The van der Waals surface area contributed by atoms with E-state index in [1.807, 2.05) is 30.3 Å². The Kier molecular flexibility index (Phi) is 3.78. The van der Waals surface area contributed by atoms with E-state index in [1.54, 1.807) is 12.1 Å². The summed E-state index contributed by atoms with van der Waals surface area (Å²) in [5.41, 5.74) is 0.0413. The summed E-state index contributed by atoms with van der Waals surface area (Å²) in [6.07, 6.45) is -4.39. The van der Waals surface area contributed by atoms with E-state index in [2.05, 4.69) is 5.32 Å². The first kappa shape index (κ1) is 15.1. The number of hydrogen-bond donors (Lipinski definition) is 1. The molecule has 0 aliphatic rings. The van der Waals surface area contributed by atoms with Gasteiger partial charge in [-0.15, -0.1) is 0 Å². The highest BCUT2D eigenvalue weighted by molar-refractivity contribution is 6.12. The van der Waals surface area contributed by atoms with Gasteiger partial charge < -0.3 is 5.32 Å². The first-order valence-electron chi connectivity index (χ1n) is 6.91. The molecule has 2 nitrogen and oxygen atoms in total. The third-order valence-corrected chi connectivity index (χ3v) is 3.50. The van der Waals surface area contributed by atoms with Gasteiger partial charge >= 0.3 is 6.18 Å². The van der Waals surface area contributed by atoms with E-state index in [1.165, 1.54) is 12.1 Å². The number of halogens is 3. The van der Waals surface area contributed by atoms with E-state index < -0.39 is 11.7 Å². The molecule has 3 rings (SSSR count). The molecule has 0 bridgehead atoms. The van der Waals surface area contributed by atoms with Crippen LogP contribution in [-0.4, -0.2) is 5.91 Å². The van der Waals surface area contributed by atoms with Crippen molar-refractivity contribution in [2.45, 2.75) is 6.18 Å². The molecule has 116 valence electrons. The average molecular weight is 315 g/mol. The van der Waals surface area contributed by atoms with E-state index in [4.69, 9.17) is 0 Å². The standard InChI is InChI=1S/C18H12F3NO/c19-18(20,21)13-8-10-14(11-9-13)22-17(23)16-7-3-5-12-4-1-2-6-15(12)16/h1-11H,(H,22,23). The molecule has 0 unspecified atom stereocenters. The van der Waals surface area contributed by atoms with Crippen molar-refractivity contribution < 1.29 is 18.0 Å². The molecular formula is C18H12F3NO. The molecule has 3 aromatic carbocycles. The highest BCUT2D eigenvalue weighted by Crippen LogP contribution is 2.30. The number of amides is 1. The Balaban J connectivity index is 1.86. The fourth-order valence-corrected chi connectivity index (χ4v) is 2.36. The largest absolute Gasteiger partial charge is 0.416 e. The van der Waals surface area contributed by atoms with Crippen LogP contribution in [0.1, 0.15) is 15.9 Å². The van der Waals surface area contributed by atoms with E-state index in [9.17, 15) is 18.0 Å². The van der Waals surface area contributed by atoms with Gasteiger partial charge in [0.2, 0.25) is 0 Å². The summed E-state index contributed by atoms with van der Waals surface area (Å²) in [5.74, 6) is -0.360. The number of fused-ring (bicyclic) bond motifs is 1. The van der Waals surface area contributed by atoms with Gasteiger partial charge in [-0.2, -0.15) is 13.2 Å². The fraction of sp³-hybridized carbons (Fsp3) is 0.0556. The molecule has 0 aromatic heterocycles. The molecule has 1 amide bonds. The zero-order valence-electron chi connectivity index (χ0n) is 11.9. The van der Waals surface area contributed by atoms with Gasteiger partial charge in [-0.05, 0) is 41.1 Å². The van der Waals surface area contributed by atoms with Crippen LogP contribution >= 0.6 is 0 Å². The lowest BCUT2D eigenvalue weighted by molar-refractivity contribution is -0.137. The van der Waals surface area contributed by atoms with E-state index in [0.717, 1.165) is 22.9 Å². The van der Waals surface area contributed by atoms with Crippen LogP contribution in [0.4, 0.5) is 18.9 Å². The van der Waals surface area contributed by atoms with Crippen LogP contribution in [0.25, 0.3) is 10.8 Å². The van der Waals surface area contributed by atoms with Gasteiger partial charge in [0, 0.05) is 11.3 Å². The van der Waals surface area contributed by atoms with Crippen LogP contribution in [0.3, 0.4) is 0 Å². The van der Waals surface area contributed by atoms with Crippen molar-refractivity contribution in [2.75, 3.05) is 5.32 Å². The number of alkyl halides is 3. The zero-order valence-corrected chi connectivity index (χ0v) is 11.9. The maximum absolute atomic E-state index is 12.5. The molecule has 0 heterocycles. The van der Waals surface area contributed by atoms with Crippen LogP contribution in [0.5, 0.6) is 0 Å². The number of anilines is 1. The topological polar surface area (TPSA) is 29.1 Å². The number of carbonyl (C=O) groups excluding carboxylic acids is 1. The van der Waals surface area contributed by atoms with E-state index in [-0.39, 0.29) is 5.91 Å². The minimum atomic E-state index is -4.39. The third kappa shape index (κ3) is 3.18. The normalized spacial score (nSPS) is 11.4. The minimum Gasteiger partial charge on any atom is -0.322 e. The van der Waals surface area contributed by atoms with Crippen LogP contribution in [0, 0.1) is 0 Å². The van der Waals surface area contributed by atoms with E-state index in [0.29, 0.717) is 11.3 Å². The SMILES string of the molecule is O=C(Nc1ccc(C(F)(F)F)cc1)c1cccc2ccccc12. The van der Waals surface area contributed by atoms with Gasteiger partial charge in [0.15, 0.2) is 0 Å². The van der Waals surface area contributed by atoms with Crippen molar-refractivity contribution in [3.63, 3.8) is 0 Å². The molecule has 0 aliphatic heterocycles. The lowest BCUT2D eigenvalue weighted by Gasteiger charge is -2.10. The smallest absolute Gasteiger partial charge is 0.322 e. The van der Waals surface area contributed by atoms with Crippen LogP contribution in [-0.2, 0) is 6.18 Å². The average Bonchev–Trinajstić information content (AvgIpc) is 2.54. The predicted octanol–water partition coefficient (Wildman–Crippen LogP) is 5.11. The number of rotatable bonds is 2. The fourth-order valence-electron chi connectivity index (χ4n) is 2.36. The Hall–Kier alpha value is -2.82. The zero-order chi connectivity index (χ0) is 16.4. The summed E-state index contributed by atoms with van der Waals surface area (Å²) in [4.78, 5) is 12.4. The molecule has 3 aromatic rings. The van der Waals surface area contributed by atoms with Gasteiger partial charge in [0.05, 0.1) is 5.56 Å². The summed E-state index contributed by atoms with van der Waals surface area (Å²) < 4.78 is 37.6. The summed E-state index contributed by atoms with van der Waals surface area (Å²) in [7, 11) is 0. The van der Waals surface area contributed by atoms with Gasteiger partial charge in [-0.1, -0.05) is 36.4 Å². The van der Waals surface area contributed by atoms with Crippen LogP contribution in [0.15, 0.2) is 66.7 Å². The predicted molar refractivity (Wildman–Crippen MR) is 83.3 cm³/mol. The number of carbonyl (C=O) groups is 1. The van der Waals surface area contributed by atoms with Crippen molar-refractivity contribution >= 4 is 22.4 Å². The second kappa shape index (κ2) is 5.76. The summed E-state index contributed by atoms with van der Waals surface area (Å²) >= 11 is 0. The Labute approximate surface area is 130 Å². The maximum atomic E-state index is 12.5. The monoisotopic (exact) mass is 315 g/mol. The number of hydrogen-bond acceptors (Lipinski definition) is 1. The lowest BCUT2D eigenvalue weighted by atomic mass is 10.0. The molecule has 23 heavy (non-hydrogen) atoms. The Bertz CT molecular complexity index is 849. The quantitative estimate of drug-likeness (QED) is 0.699. The minimum absolute atomic E-state index is 0.316. The molecule has 5 heteroatoms. The first-order valence-corrected chi connectivity index (χ1v) is 6.91. The third-order valence-electron chi connectivity index (χ3n) is 3.50. The van der Waals surface area contributed by atoms with Crippen molar-refractivity contribution in [1.29, 1.82) is 0 Å². The van der Waals surface area contributed by atoms with Crippen molar-refractivity contribution in [3.05, 3.63) is 77.9 Å². The molecule has 0 atom stereocenters. The molecule has 0 aliphatic carbocycles. The van der Waals surface area contributed by atoms with Gasteiger partial charge in [0.25, 0.3) is 5.91 Å². The summed E-state index contributed by atoms with van der Waals surface area (Å²) in [6, 6.07) is 17.1. The van der Waals surface area contributed by atoms with Crippen molar-refractivity contribution in [2.24, 2.45) is 0 Å². The van der Waals surface area contributed by atoms with Gasteiger partial charge in [-0.25, -0.2) is 0 Å². The second-order valence-corrected chi connectivity index (χ2v) is 5.06. The molecular weight excluding hydrogens is 303 g/mol. The highest BCUT2D eigenvalue weighted by atomic mass is 19.4. The van der Waals surface area contributed by atoms with Crippen LogP contribution < -0.4 is 5.32 Å². The highest BCUT2D eigenvalue weighted by Gasteiger charge is 2.30. The Morgan fingerprint density at radius 3 is 2.17 bits per heavy atom. The van der Waals surface area contributed by atoms with E-state index >= 15 is 0 Å². The number of benzene rings is 3.